The Morgan fingerprint density at radius 1 is 1.16 bits per heavy atom. The lowest BCUT2D eigenvalue weighted by molar-refractivity contribution is -0.140. The number of hydrogen-bond donors (Lipinski definition) is 1. The van der Waals surface area contributed by atoms with Gasteiger partial charge in [-0.2, -0.15) is 0 Å². The summed E-state index contributed by atoms with van der Waals surface area (Å²) >= 11 is 0. The SMILES string of the molecule is CC1(C)C(=O)NC(=O)N(c2cccc(F)c2F)C1=O. The maximum Gasteiger partial charge on any atom is 0.335 e. The lowest BCUT2D eigenvalue weighted by Crippen LogP contribution is -2.62. The Kier molecular flexibility index (Phi) is 2.84. The molecule has 0 unspecified atom stereocenters. The molecule has 0 saturated carbocycles. The van der Waals surface area contributed by atoms with E-state index < -0.39 is 40.6 Å². The van der Waals surface area contributed by atoms with Crippen molar-refractivity contribution in [3.05, 3.63) is 29.8 Å². The minimum absolute atomic E-state index is 0.430. The van der Waals surface area contributed by atoms with Gasteiger partial charge in [0, 0.05) is 0 Å². The van der Waals surface area contributed by atoms with Gasteiger partial charge in [-0.15, -0.1) is 0 Å². The smallest absolute Gasteiger partial charge is 0.276 e. The van der Waals surface area contributed by atoms with Crippen LogP contribution in [-0.4, -0.2) is 17.8 Å². The minimum atomic E-state index is -1.54. The van der Waals surface area contributed by atoms with E-state index in [9.17, 15) is 23.2 Å². The van der Waals surface area contributed by atoms with E-state index in [1.54, 1.807) is 0 Å². The number of carbonyl (C=O) groups is 3. The van der Waals surface area contributed by atoms with Gasteiger partial charge >= 0.3 is 6.03 Å². The minimum Gasteiger partial charge on any atom is -0.276 e. The fraction of sp³-hybridized carbons (Fsp3) is 0.250. The zero-order valence-electron chi connectivity index (χ0n) is 10.2. The van der Waals surface area contributed by atoms with Gasteiger partial charge < -0.3 is 0 Å². The zero-order chi connectivity index (χ0) is 14.4. The standard InChI is InChI=1S/C12H10F2N2O3/c1-12(2)9(17)15-11(19)16(10(12)18)7-5-3-4-6(13)8(7)14/h3-5H,1-2H3,(H,15,17,19). The zero-order valence-corrected chi connectivity index (χ0v) is 10.2. The molecule has 0 aromatic heterocycles. The third-order valence-corrected chi connectivity index (χ3v) is 2.90. The molecule has 1 aliphatic rings. The summed E-state index contributed by atoms with van der Waals surface area (Å²) in [4.78, 5) is 35.7. The number of nitrogens with one attached hydrogen (secondary N) is 1. The van der Waals surface area contributed by atoms with Crippen LogP contribution in [0.1, 0.15) is 13.8 Å². The van der Waals surface area contributed by atoms with Crippen molar-refractivity contribution in [2.75, 3.05) is 4.90 Å². The van der Waals surface area contributed by atoms with Crippen molar-refractivity contribution in [2.45, 2.75) is 13.8 Å². The highest BCUT2D eigenvalue weighted by Gasteiger charge is 2.48. The number of nitrogens with zero attached hydrogens (tertiary/aromatic N) is 1. The summed E-state index contributed by atoms with van der Waals surface area (Å²) in [5.74, 6) is -4.20. The first-order chi connectivity index (χ1) is 8.76. The van der Waals surface area contributed by atoms with Gasteiger partial charge in [-0.1, -0.05) is 6.07 Å². The van der Waals surface area contributed by atoms with Crippen molar-refractivity contribution in [1.82, 2.24) is 5.32 Å². The quantitative estimate of drug-likeness (QED) is 0.786. The van der Waals surface area contributed by atoms with Gasteiger partial charge in [-0.25, -0.2) is 18.5 Å². The van der Waals surface area contributed by atoms with Crippen LogP contribution in [0.25, 0.3) is 0 Å². The van der Waals surface area contributed by atoms with Crippen LogP contribution in [0.15, 0.2) is 18.2 Å². The number of anilines is 1. The summed E-state index contributed by atoms with van der Waals surface area (Å²) in [6.07, 6.45) is 0. The number of imide groups is 2. The number of urea groups is 1. The van der Waals surface area contributed by atoms with Crippen LogP contribution in [0.5, 0.6) is 0 Å². The Balaban J connectivity index is 2.55. The van der Waals surface area contributed by atoms with E-state index in [0.29, 0.717) is 4.90 Å². The van der Waals surface area contributed by atoms with Gasteiger partial charge in [0.2, 0.25) is 11.8 Å². The Morgan fingerprint density at radius 3 is 2.42 bits per heavy atom. The number of halogens is 2. The van der Waals surface area contributed by atoms with Gasteiger partial charge in [0.25, 0.3) is 0 Å². The van der Waals surface area contributed by atoms with Crippen molar-refractivity contribution in [3.63, 3.8) is 0 Å². The van der Waals surface area contributed by atoms with Crippen LogP contribution in [0.4, 0.5) is 19.3 Å². The molecular formula is C12H10F2N2O3. The van der Waals surface area contributed by atoms with Crippen LogP contribution >= 0.6 is 0 Å². The normalized spacial score (nSPS) is 18.5. The molecule has 1 aromatic carbocycles. The average Bonchev–Trinajstić information content (AvgIpc) is 2.33. The molecule has 2 rings (SSSR count). The van der Waals surface area contributed by atoms with E-state index in [4.69, 9.17) is 0 Å². The fourth-order valence-corrected chi connectivity index (χ4v) is 1.66. The molecule has 4 amide bonds. The highest BCUT2D eigenvalue weighted by molar-refractivity contribution is 6.29. The third kappa shape index (κ3) is 1.87. The average molecular weight is 268 g/mol. The molecule has 1 aromatic rings. The topological polar surface area (TPSA) is 66.5 Å². The van der Waals surface area contributed by atoms with Gasteiger partial charge in [-0.3, -0.25) is 14.9 Å². The lowest BCUT2D eigenvalue weighted by Gasteiger charge is -2.34. The maximum absolute atomic E-state index is 13.6. The second-order valence-electron chi connectivity index (χ2n) is 4.60. The predicted molar refractivity (Wildman–Crippen MR) is 61.2 cm³/mol. The summed E-state index contributed by atoms with van der Waals surface area (Å²) in [7, 11) is 0. The molecule has 1 saturated heterocycles. The molecule has 1 heterocycles. The van der Waals surface area contributed by atoms with Gasteiger partial charge in [0.15, 0.2) is 11.6 Å². The number of rotatable bonds is 1. The van der Waals surface area contributed by atoms with Crippen molar-refractivity contribution in [3.8, 4) is 0 Å². The Bertz CT molecular complexity index is 599. The largest absolute Gasteiger partial charge is 0.335 e. The lowest BCUT2D eigenvalue weighted by atomic mass is 9.88. The Morgan fingerprint density at radius 2 is 1.79 bits per heavy atom. The third-order valence-electron chi connectivity index (χ3n) is 2.90. The van der Waals surface area contributed by atoms with E-state index >= 15 is 0 Å². The summed E-state index contributed by atoms with van der Waals surface area (Å²) in [5, 5.41) is 1.93. The van der Waals surface area contributed by atoms with E-state index in [-0.39, 0.29) is 0 Å². The molecule has 100 valence electrons. The van der Waals surface area contributed by atoms with E-state index in [0.717, 1.165) is 18.2 Å². The fourth-order valence-electron chi connectivity index (χ4n) is 1.66. The van der Waals surface area contributed by atoms with Crippen molar-refractivity contribution in [1.29, 1.82) is 0 Å². The number of carbonyl (C=O) groups excluding carboxylic acids is 3. The second-order valence-corrected chi connectivity index (χ2v) is 4.60. The van der Waals surface area contributed by atoms with Gasteiger partial charge in [0.1, 0.15) is 5.41 Å². The maximum atomic E-state index is 13.6. The first-order valence-corrected chi connectivity index (χ1v) is 5.41. The molecule has 1 N–H and O–H groups in total. The number of amides is 4. The number of benzene rings is 1. The molecule has 1 aliphatic heterocycles. The molecule has 0 spiro atoms. The summed E-state index contributed by atoms with van der Waals surface area (Å²) < 4.78 is 26.8. The summed E-state index contributed by atoms with van der Waals surface area (Å²) in [6, 6.07) is 2.01. The van der Waals surface area contributed by atoms with Crippen LogP contribution < -0.4 is 10.2 Å². The molecule has 1 fully saturated rings. The van der Waals surface area contributed by atoms with Crippen molar-refractivity contribution < 1.29 is 23.2 Å². The van der Waals surface area contributed by atoms with Crippen LogP contribution in [0, 0.1) is 17.0 Å². The van der Waals surface area contributed by atoms with Gasteiger partial charge in [-0.05, 0) is 26.0 Å². The highest BCUT2D eigenvalue weighted by atomic mass is 19.2. The van der Waals surface area contributed by atoms with Crippen molar-refractivity contribution in [2.24, 2.45) is 5.41 Å². The molecule has 5 nitrogen and oxygen atoms in total. The van der Waals surface area contributed by atoms with E-state index in [1.165, 1.54) is 13.8 Å². The molecule has 0 aliphatic carbocycles. The molecular weight excluding hydrogens is 258 g/mol. The van der Waals surface area contributed by atoms with Crippen LogP contribution in [-0.2, 0) is 9.59 Å². The summed E-state index contributed by atoms with van der Waals surface area (Å²) in [5.41, 5.74) is -2.06. The number of hydrogen-bond acceptors (Lipinski definition) is 3. The first-order valence-electron chi connectivity index (χ1n) is 5.41. The molecule has 0 atom stereocenters. The Hall–Kier alpha value is -2.31. The van der Waals surface area contributed by atoms with Crippen LogP contribution in [0.3, 0.4) is 0 Å². The van der Waals surface area contributed by atoms with E-state index in [2.05, 4.69) is 0 Å². The second kappa shape index (κ2) is 4.11. The predicted octanol–water partition coefficient (Wildman–Crippen LogP) is 1.57. The highest BCUT2D eigenvalue weighted by Crippen LogP contribution is 2.30. The molecule has 0 radical (unpaired) electrons. The van der Waals surface area contributed by atoms with Gasteiger partial charge in [0.05, 0.1) is 5.69 Å². The molecule has 7 heteroatoms. The monoisotopic (exact) mass is 268 g/mol. The van der Waals surface area contributed by atoms with E-state index in [1.807, 2.05) is 5.32 Å². The summed E-state index contributed by atoms with van der Waals surface area (Å²) in [6.45, 7) is 2.59. The first kappa shape index (κ1) is 13.1. The van der Waals surface area contributed by atoms with Crippen molar-refractivity contribution >= 4 is 23.5 Å². The molecule has 19 heavy (non-hydrogen) atoms. The van der Waals surface area contributed by atoms with Crippen LogP contribution in [0.2, 0.25) is 0 Å². The number of barbiturate groups is 1. The Labute approximate surface area is 107 Å². The molecule has 0 bridgehead atoms.